The molecule has 2 aromatic heterocycles. The van der Waals surface area contributed by atoms with E-state index in [4.69, 9.17) is 21.4 Å². The maximum Gasteiger partial charge on any atom is 0.246 e. The quantitative estimate of drug-likeness (QED) is 0.363. The Morgan fingerprint density at radius 2 is 2.06 bits per heavy atom. The van der Waals surface area contributed by atoms with Crippen molar-refractivity contribution in [1.82, 2.24) is 20.1 Å². The number of halogens is 3. The number of fused-ring (bicyclic) bond motifs is 1. The minimum absolute atomic E-state index is 0.0274. The molecule has 4 rings (SSSR count). The van der Waals surface area contributed by atoms with Gasteiger partial charge in [-0.25, -0.2) is 18.4 Å². The lowest BCUT2D eigenvalue weighted by Gasteiger charge is -2.22. The number of hydrogen-bond donors (Lipinski definition) is 2. The molecule has 0 aliphatic carbocycles. The smallest absolute Gasteiger partial charge is 0.246 e. The molecule has 0 saturated carbocycles. The topological polar surface area (TPSA) is 89.3 Å². The van der Waals surface area contributed by atoms with Gasteiger partial charge >= 0.3 is 0 Å². The molecule has 0 bridgehead atoms. The van der Waals surface area contributed by atoms with Crippen LogP contribution in [0, 0.1) is 18.6 Å². The van der Waals surface area contributed by atoms with Gasteiger partial charge in [-0.05, 0) is 43.2 Å². The number of hydrogen-bond acceptors (Lipinski definition) is 5. The van der Waals surface area contributed by atoms with Crippen LogP contribution in [0.25, 0.3) is 16.6 Å². The zero-order valence-corrected chi connectivity index (χ0v) is 19.8. The lowest BCUT2D eigenvalue weighted by molar-refractivity contribution is -0.124. The van der Waals surface area contributed by atoms with Gasteiger partial charge in [0.15, 0.2) is 5.82 Å². The standard InChI is InChI=1S/C25H23ClF2N4O3/c1-3-21(31-24(34)12-33)18-8-15(27)9-20(26)19(18)13-35-23-6-4-5-17-22(7-14(2)30-25(17)23)32-11-16(28)10-29-32/h4-11,21,33H,3,12-13H2,1-2H3,(H,31,34)/t21-/m0/s1. The number of nitrogens with zero attached hydrogens (tertiary/aromatic N) is 3. The van der Waals surface area contributed by atoms with Crippen LogP contribution in [-0.4, -0.2) is 32.4 Å². The van der Waals surface area contributed by atoms with E-state index in [1.165, 1.54) is 23.0 Å². The number of aliphatic hydroxyl groups is 1. The van der Waals surface area contributed by atoms with Crippen molar-refractivity contribution < 1.29 is 23.4 Å². The number of aryl methyl sites for hydroxylation is 1. The number of carbonyl (C=O) groups is 1. The number of rotatable bonds is 8. The van der Waals surface area contributed by atoms with Crippen molar-refractivity contribution in [3.05, 3.63) is 82.3 Å². The first-order valence-electron chi connectivity index (χ1n) is 10.9. The molecule has 0 radical (unpaired) electrons. The largest absolute Gasteiger partial charge is 0.487 e. The molecule has 0 fully saturated rings. The van der Waals surface area contributed by atoms with E-state index in [2.05, 4.69) is 15.4 Å². The Morgan fingerprint density at radius 3 is 2.74 bits per heavy atom. The highest BCUT2D eigenvalue weighted by atomic mass is 35.5. The number of benzene rings is 2. The maximum absolute atomic E-state index is 14.2. The van der Waals surface area contributed by atoms with E-state index in [0.717, 1.165) is 6.20 Å². The van der Waals surface area contributed by atoms with Crippen molar-refractivity contribution in [1.29, 1.82) is 0 Å². The fourth-order valence-electron chi connectivity index (χ4n) is 3.94. The lowest BCUT2D eigenvalue weighted by atomic mass is 9.98. The molecule has 35 heavy (non-hydrogen) atoms. The third kappa shape index (κ3) is 5.26. The first-order valence-corrected chi connectivity index (χ1v) is 11.3. The molecule has 1 atom stereocenters. The molecule has 0 aliphatic rings. The Balaban J connectivity index is 1.72. The summed E-state index contributed by atoms with van der Waals surface area (Å²) in [5, 5.41) is 16.7. The highest BCUT2D eigenvalue weighted by Gasteiger charge is 2.21. The zero-order chi connectivity index (χ0) is 25.1. The molecular weight excluding hydrogens is 478 g/mol. The third-order valence-electron chi connectivity index (χ3n) is 5.54. The minimum atomic E-state index is -0.686. The molecule has 10 heteroatoms. The summed E-state index contributed by atoms with van der Waals surface area (Å²) in [5.74, 6) is -1.15. The van der Waals surface area contributed by atoms with Gasteiger partial charge in [0, 0.05) is 16.6 Å². The van der Waals surface area contributed by atoms with Crippen molar-refractivity contribution in [2.45, 2.75) is 32.9 Å². The monoisotopic (exact) mass is 500 g/mol. The maximum atomic E-state index is 14.2. The molecule has 0 unspecified atom stereocenters. The van der Waals surface area contributed by atoms with E-state index in [0.29, 0.717) is 45.6 Å². The Hall–Kier alpha value is -3.56. The fourth-order valence-corrected chi connectivity index (χ4v) is 4.21. The van der Waals surface area contributed by atoms with E-state index < -0.39 is 30.2 Å². The highest BCUT2D eigenvalue weighted by Crippen LogP contribution is 2.33. The Kier molecular flexibility index (Phi) is 7.28. The number of aromatic nitrogens is 3. The summed E-state index contributed by atoms with van der Waals surface area (Å²) < 4.78 is 35.4. The molecule has 2 N–H and O–H groups in total. The van der Waals surface area contributed by atoms with Gasteiger partial charge in [0.1, 0.15) is 30.3 Å². The molecule has 1 amide bonds. The summed E-state index contributed by atoms with van der Waals surface area (Å²) >= 11 is 6.38. The summed E-state index contributed by atoms with van der Waals surface area (Å²) in [6.45, 7) is 2.92. The minimum Gasteiger partial charge on any atom is -0.487 e. The second-order valence-corrected chi connectivity index (χ2v) is 8.38. The molecule has 0 saturated heterocycles. The highest BCUT2D eigenvalue weighted by molar-refractivity contribution is 6.31. The van der Waals surface area contributed by atoms with Crippen LogP contribution in [-0.2, 0) is 11.4 Å². The predicted molar refractivity (Wildman–Crippen MR) is 128 cm³/mol. The van der Waals surface area contributed by atoms with Gasteiger partial charge in [0.25, 0.3) is 0 Å². The van der Waals surface area contributed by atoms with Crippen LogP contribution in [0.3, 0.4) is 0 Å². The van der Waals surface area contributed by atoms with Crippen LogP contribution in [0.2, 0.25) is 5.02 Å². The van der Waals surface area contributed by atoms with Gasteiger partial charge in [-0.2, -0.15) is 5.10 Å². The second-order valence-electron chi connectivity index (χ2n) is 7.97. The summed E-state index contributed by atoms with van der Waals surface area (Å²) in [7, 11) is 0. The van der Waals surface area contributed by atoms with E-state index in [1.807, 2.05) is 19.9 Å². The van der Waals surface area contributed by atoms with Gasteiger partial charge in [-0.3, -0.25) is 4.79 Å². The van der Waals surface area contributed by atoms with Crippen molar-refractivity contribution >= 4 is 28.4 Å². The first kappa shape index (κ1) is 24.6. The van der Waals surface area contributed by atoms with Gasteiger partial charge in [-0.1, -0.05) is 30.7 Å². The number of nitrogens with one attached hydrogen (secondary N) is 1. The van der Waals surface area contributed by atoms with Crippen molar-refractivity contribution in [3.63, 3.8) is 0 Å². The molecule has 4 aromatic rings. The second kappa shape index (κ2) is 10.4. The summed E-state index contributed by atoms with van der Waals surface area (Å²) in [4.78, 5) is 16.4. The number of para-hydroxylation sites is 1. The normalized spacial score (nSPS) is 12.1. The average molecular weight is 501 g/mol. The molecule has 7 nitrogen and oxygen atoms in total. The molecule has 0 aliphatic heterocycles. The summed E-state index contributed by atoms with van der Waals surface area (Å²) in [5.41, 5.74) is 2.81. The Morgan fingerprint density at radius 1 is 1.26 bits per heavy atom. The van der Waals surface area contributed by atoms with Gasteiger partial charge in [-0.15, -0.1) is 0 Å². The molecule has 2 heterocycles. The van der Waals surface area contributed by atoms with Gasteiger partial charge < -0.3 is 15.2 Å². The van der Waals surface area contributed by atoms with E-state index in [1.54, 1.807) is 18.2 Å². The number of carbonyl (C=O) groups excluding carboxylic acids is 1. The van der Waals surface area contributed by atoms with Crippen LogP contribution < -0.4 is 10.1 Å². The zero-order valence-electron chi connectivity index (χ0n) is 19.1. The van der Waals surface area contributed by atoms with Gasteiger partial charge in [0.2, 0.25) is 5.91 Å². The van der Waals surface area contributed by atoms with Crippen molar-refractivity contribution in [2.24, 2.45) is 0 Å². The van der Waals surface area contributed by atoms with Crippen LogP contribution >= 0.6 is 11.6 Å². The van der Waals surface area contributed by atoms with Crippen LogP contribution in [0.15, 0.2) is 48.8 Å². The number of amides is 1. The molecule has 182 valence electrons. The predicted octanol–water partition coefficient (Wildman–Crippen LogP) is 4.80. The number of aliphatic hydroxyl groups excluding tert-OH is 1. The SMILES string of the molecule is CC[C@H](NC(=O)CO)c1cc(F)cc(Cl)c1COc1cccc2c(-n3cc(F)cn3)cc(C)nc12. The third-order valence-corrected chi connectivity index (χ3v) is 5.87. The van der Waals surface area contributed by atoms with Crippen LogP contribution in [0.4, 0.5) is 8.78 Å². The van der Waals surface area contributed by atoms with E-state index in [-0.39, 0.29) is 11.6 Å². The van der Waals surface area contributed by atoms with E-state index >= 15 is 0 Å². The lowest BCUT2D eigenvalue weighted by Crippen LogP contribution is -2.31. The first-order chi connectivity index (χ1) is 16.8. The van der Waals surface area contributed by atoms with Crippen LogP contribution in [0.1, 0.15) is 36.2 Å². The molecular formula is C25H23ClF2N4O3. The summed E-state index contributed by atoms with van der Waals surface area (Å²) in [6.07, 6.45) is 2.84. The Bertz CT molecular complexity index is 1390. The summed E-state index contributed by atoms with van der Waals surface area (Å²) in [6, 6.07) is 9.05. The number of pyridine rings is 1. The van der Waals surface area contributed by atoms with Gasteiger partial charge in [0.05, 0.1) is 29.1 Å². The molecule has 2 aromatic carbocycles. The van der Waals surface area contributed by atoms with Crippen molar-refractivity contribution in [3.8, 4) is 11.4 Å². The fraction of sp³-hybridized carbons (Fsp3) is 0.240. The van der Waals surface area contributed by atoms with Crippen molar-refractivity contribution in [2.75, 3.05) is 6.61 Å². The average Bonchev–Trinajstić information content (AvgIpc) is 3.27. The number of ether oxygens (including phenoxy) is 1. The van der Waals surface area contributed by atoms with E-state index in [9.17, 15) is 13.6 Å². The Labute approximate surface area is 205 Å². The molecule has 0 spiro atoms. The van der Waals surface area contributed by atoms with Crippen LogP contribution in [0.5, 0.6) is 5.75 Å².